The highest BCUT2D eigenvalue weighted by Gasteiger charge is 2.18. The topological polar surface area (TPSA) is 128 Å². The molecular formula is C31H33N3O5S. The molecule has 0 radical (unpaired) electrons. The van der Waals surface area contributed by atoms with E-state index in [2.05, 4.69) is 15.4 Å². The number of nitrogens with one attached hydrogen (secondary N) is 3. The first-order valence-corrected chi connectivity index (χ1v) is 14.8. The summed E-state index contributed by atoms with van der Waals surface area (Å²) in [6, 6.07) is 31.1. The third-order valence-corrected chi connectivity index (χ3v) is 7.00. The van der Waals surface area contributed by atoms with Crippen LogP contribution in [0.15, 0.2) is 103 Å². The zero-order valence-electron chi connectivity index (χ0n) is 22.1. The third kappa shape index (κ3) is 8.41. The van der Waals surface area contributed by atoms with Crippen LogP contribution in [0.3, 0.4) is 0 Å². The molecule has 0 aliphatic heterocycles. The number of anilines is 1. The predicted molar refractivity (Wildman–Crippen MR) is 156 cm³/mol. The molecule has 8 nitrogen and oxygen atoms in total. The van der Waals surface area contributed by atoms with E-state index < -0.39 is 16.1 Å². The van der Waals surface area contributed by atoms with Crippen molar-refractivity contribution in [1.29, 1.82) is 0 Å². The van der Waals surface area contributed by atoms with Gasteiger partial charge in [0.1, 0.15) is 5.75 Å². The Bertz CT molecular complexity index is 1510. The van der Waals surface area contributed by atoms with Crippen LogP contribution in [0.1, 0.15) is 44.8 Å². The zero-order valence-corrected chi connectivity index (χ0v) is 22.9. The van der Waals surface area contributed by atoms with E-state index in [0.717, 1.165) is 22.9 Å². The van der Waals surface area contributed by atoms with Crippen LogP contribution < -0.4 is 15.4 Å². The normalized spacial score (nSPS) is 12.8. The van der Waals surface area contributed by atoms with E-state index in [1.807, 2.05) is 72.8 Å². The molecule has 0 saturated heterocycles. The van der Waals surface area contributed by atoms with Crippen LogP contribution in [0.2, 0.25) is 0 Å². The van der Waals surface area contributed by atoms with E-state index in [9.17, 15) is 23.4 Å². The van der Waals surface area contributed by atoms with Gasteiger partial charge in [-0.3, -0.25) is 9.52 Å². The van der Waals surface area contributed by atoms with Gasteiger partial charge in [-0.15, -0.1) is 0 Å². The molecule has 0 fully saturated rings. The lowest BCUT2D eigenvalue weighted by molar-refractivity contribution is 0.0951. The summed E-state index contributed by atoms with van der Waals surface area (Å²) in [6.45, 7) is 0.607. The number of aliphatic hydroxyl groups excluding tert-OH is 1. The second-order valence-electron chi connectivity index (χ2n) is 9.61. The first kappa shape index (κ1) is 28.8. The fraction of sp³-hybridized carbons (Fsp3) is 0.194. The van der Waals surface area contributed by atoms with Crippen LogP contribution >= 0.6 is 0 Å². The minimum absolute atomic E-state index is 0.000940. The highest BCUT2D eigenvalue weighted by Crippen LogP contribution is 2.28. The Morgan fingerprint density at radius 2 is 1.43 bits per heavy atom. The number of carbonyl (C=O) groups excluding carboxylic acids is 1. The van der Waals surface area contributed by atoms with Crippen LogP contribution in [0.4, 0.5) is 5.69 Å². The van der Waals surface area contributed by atoms with Gasteiger partial charge in [0.05, 0.1) is 18.0 Å². The molecular weight excluding hydrogens is 526 g/mol. The molecule has 0 aliphatic carbocycles. The van der Waals surface area contributed by atoms with Gasteiger partial charge in [0, 0.05) is 24.7 Å². The molecule has 1 amide bonds. The Hall–Kier alpha value is -4.18. The monoisotopic (exact) mass is 559 g/mol. The van der Waals surface area contributed by atoms with E-state index in [1.165, 1.54) is 12.1 Å². The number of hydrogen-bond acceptors (Lipinski definition) is 6. The average molecular weight is 560 g/mol. The Labute approximate surface area is 234 Å². The number of phenols is 1. The van der Waals surface area contributed by atoms with E-state index >= 15 is 0 Å². The number of sulfonamides is 1. The van der Waals surface area contributed by atoms with Gasteiger partial charge in [0.2, 0.25) is 10.0 Å². The van der Waals surface area contributed by atoms with Crippen molar-refractivity contribution in [3.8, 4) is 5.75 Å². The maximum Gasteiger partial charge on any atom is 0.251 e. The minimum Gasteiger partial charge on any atom is -0.506 e. The van der Waals surface area contributed by atoms with Gasteiger partial charge in [0.15, 0.2) is 0 Å². The molecule has 4 rings (SSSR count). The number of amides is 1. The fourth-order valence-corrected chi connectivity index (χ4v) is 4.88. The molecule has 40 heavy (non-hydrogen) atoms. The Balaban J connectivity index is 1.46. The summed E-state index contributed by atoms with van der Waals surface area (Å²) in [5.41, 5.74) is 4.06. The summed E-state index contributed by atoms with van der Waals surface area (Å²) in [5.74, 6) is -0.395. The molecule has 2 atom stereocenters. The standard InChI is InChI=1S/C31H33N3O5S/c1-40(38,39)34-28-19-26(16-17-29(28)35)30(36)21-32-27(18-22-8-4-2-5-9-22)24-12-14-25(15-13-24)31(37)33-20-23-10-6-3-7-11-23/h2-17,19,27,30,32,34-36H,18,20-21H2,1H3,(H,33,37). The van der Waals surface area contributed by atoms with Crippen LogP contribution in [-0.2, 0) is 23.0 Å². The summed E-state index contributed by atoms with van der Waals surface area (Å²) in [6.07, 6.45) is 0.662. The molecule has 4 aromatic carbocycles. The highest BCUT2D eigenvalue weighted by molar-refractivity contribution is 7.92. The second-order valence-corrected chi connectivity index (χ2v) is 11.4. The quantitative estimate of drug-likeness (QED) is 0.165. The number of rotatable bonds is 12. The van der Waals surface area contributed by atoms with Gasteiger partial charge in [-0.2, -0.15) is 0 Å². The molecule has 9 heteroatoms. The molecule has 0 spiro atoms. The van der Waals surface area contributed by atoms with Crippen LogP contribution in [0, 0.1) is 0 Å². The van der Waals surface area contributed by atoms with Gasteiger partial charge < -0.3 is 20.8 Å². The first-order valence-electron chi connectivity index (χ1n) is 12.9. The van der Waals surface area contributed by atoms with Crippen molar-refractivity contribution in [3.63, 3.8) is 0 Å². The number of aromatic hydroxyl groups is 1. The van der Waals surface area contributed by atoms with Crippen molar-refractivity contribution >= 4 is 21.6 Å². The minimum atomic E-state index is -3.60. The van der Waals surface area contributed by atoms with E-state index in [-0.39, 0.29) is 29.9 Å². The predicted octanol–water partition coefficient (Wildman–Crippen LogP) is 4.30. The molecule has 0 saturated carbocycles. The molecule has 5 N–H and O–H groups in total. The molecule has 0 aliphatic rings. The van der Waals surface area contributed by atoms with Crippen molar-refractivity contribution < 1.29 is 23.4 Å². The van der Waals surface area contributed by atoms with E-state index in [0.29, 0.717) is 24.1 Å². The summed E-state index contributed by atoms with van der Waals surface area (Å²) < 4.78 is 25.5. The van der Waals surface area contributed by atoms with Gasteiger partial charge in [-0.1, -0.05) is 78.9 Å². The molecule has 0 bridgehead atoms. The maximum atomic E-state index is 12.7. The number of hydrogen-bond donors (Lipinski definition) is 5. The fourth-order valence-electron chi connectivity index (χ4n) is 4.32. The van der Waals surface area contributed by atoms with Crippen LogP contribution in [0.25, 0.3) is 0 Å². The number of aliphatic hydroxyl groups is 1. The van der Waals surface area contributed by atoms with E-state index in [4.69, 9.17) is 0 Å². The molecule has 2 unspecified atom stereocenters. The van der Waals surface area contributed by atoms with Crippen LogP contribution in [-0.4, -0.2) is 37.3 Å². The summed E-state index contributed by atoms with van der Waals surface area (Å²) in [5, 5.41) is 27.2. The molecule has 208 valence electrons. The SMILES string of the molecule is CS(=O)(=O)Nc1cc(C(O)CNC(Cc2ccccc2)c2ccc(C(=O)NCc3ccccc3)cc2)ccc1O. The molecule has 0 aromatic heterocycles. The lowest BCUT2D eigenvalue weighted by Gasteiger charge is -2.22. The third-order valence-electron chi connectivity index (χ3n) is 6.41. The zero-order chi connectivity index (χ0) is 28.5. The molecule has 4 aromatic rings. The Morgan fingerprint density at radius 3 is 2.05 bits per heavy atom. The Morgan fingerprint density at radius 1 is 0.825 bits per heavy atom. The van der Waals surface area contributed by atoms with E-state index in [1.54, 1.807) is 18.2 Å². The smallest absolute Gasteiger partial charge is 0.251 e. The Kier molecular flexibility index (Phi) is 9.55. The molecule has 0 heterocycles. The van der Waals surface area contributed by atoms with Crippen molar-refractivity contribution in [3.05, 3.63) is 131 Å². The van der Waals surface area contributed by atoms with Crippen LogP contribution in [0.5, 0.6) is 5.75 Å². The summed E-state index contributed by atoms with van der Waals surface area (Å²) in [7, 11) is -3.60. The number of benzene rings is 4. The van der Waals surface area contributed by atoms with Gasteiger partial charge in [-0.05, 0) is 52.9 Å². The largest absolute Gasteiger partial charge is 0.506 e. The first-order chi connectivity index (χ1) is 19.2. The lowest BCUT2D eigenvalue weighted by Crippen LogP contribution is -2.28. The van der Waals surface area contributed by atoms with Crippen molar-refractivity contribution in [2.75, 3.05) is 17.5 Å². The van der Waals surface area contributed by atoms with Crippen molar-refractivity contribution in [1.82, 2.24) is 10.6 Å². The van der Waals surface area contributed by atoms with Gasteiger partial charge in [0.25, 0.3) is 5.91 Å². The summed E-state index contributed by atoms with van der Waals surface area (Å²) in [4.78, 5) is 12.7. The number of phenolic OH excluding ortho intramolecular Hbond substituents is 1. The maximum absolute atomic E-state index is 12.7. The second kappa shape index (κ2) is 13.3. The lowest BCUT2D eigenvalue weighted by atomic mass is 9.97. The highest BCUT2D eigenvalue weighted by atomic mass is 32.2. The van der Waals surface area contributed by atoms with Gasteiger partial charge >= 0.3 is 0 Å². The number of carbonyl (C=O) groups is 1. The summed E-state index contributed by atoms with van der Waals surface area (Å²) >= 11 is 0. The average Bonchev–Trinajstić information content (AvgIpc) is 2.95. The van der Waals surface area contributed by atoms with Gasteiger partial charge in [-0.25, -0.2) is 8.42 Å². The van der Waals surface area contributed by atoms with Crippen molar-refractivity contribution in [2.24, 2.45) is 0 Å². The van der Waals surface area contributed by atoms with Crippen molar-refractivity contribution in [2.45, 2.75) is 25.1 Å².